The Bertz CT molecular complexity index is 506. The van der Waals surface area contributed by atoms with Gasteiger partial charge in [-0.15, -0.1) is 0 Å². The fourth-order valence-electron chi connectivity index (χ4n) is 6.30. The molecule has 0 amide bonds. The molecule has 0 aromatic carbocycles. The second-order valence-electron chi connectivity index (χ2n) is 12.4. The van der Waals surface area contributed by atoms with E-state index in [-0.39, 0.29) is 6.10 Å². The van der Waals surface area contributed by atoms with Crippen molar-refractivity contribution in [1.82, 2.24) is 4.90 Å². The highest BCUT2D eigenvalue weighted by Gasteiger charge is 2.28. The van der Waals surface area contributed by atoms with Gasteiger partial charge in [-0.1, -0.05) is 117 Å². The van der Waals surface area contributed by atoms with E-state index in [0.29, 0.717) is 25.2 Å². The lowest BCUT2D eigenvalue weighted by Gasteiger charge is -2.38. The van der Waals surface area contributed by atoms with Crippen LogP contribution in [0.1, 0.15) is 168 Å². The lowest BCUT2D eigenvalue weighted by Crippen LogP contribution is -2.46. The zero-order valence-corrected chi connectivity index (χ0v) is 26.3. The van der Waals surface area contributed by atoms with E-state index in [4.69, 9.17) is 9.84 Å². The molecule has 1 saturated carbocycles. The third-order valence-electron chi connectivity index (χ3n) is 8.90. The minimum Gasteiger partial charge on any atom is -0.396 e. The van der Waals surface area contributed by atoms with Gasteiger partial charge in [-0.05, 0) is 64.5 Å². The van der Waals surface area contributed by atoms with E-state index >= 15 is 0 Å². The summed E-state index contributed by atoms with van der Waals surface area (Å²) in [6.45, 7) is 7.62. The Balaban J connectivity index is 2.29. The molecule has 0 saturated heterocycles. The second-order valence-corrected chi connectivity index (χ2v) is 12.4. The average molecular weight is 556 g/mol. The molecule has 39 heavy (non-hydrogen) atoms. The number of hydrogen-bond acceptors (Lipinski definition) is 5. The van der Waals surface area contributed by atoms with Crippen LogP contribution >= 0.6 is 0 Å². The van der Waals surface area contributed by atoms with Crippen molar-refractivity contribution >= 4 is 0 Å². The number of rotatable bonds is 28. The summed E-state index contributed by atoms with van der Waals surface area (Å²) in [5, 5.41) is 30.5. The molecule has 3 N–H and O–H groups in total. The molecule has 1 fully saturated rings. The zero-order chi connectivity index (χ0) is 28.4. The van der Waals surface area contributed by atoms with E-state index < -0.39 is 6.29 Å². The SMILES string of the molecule is CCCCCCCCC(CCCCCC)C(O)OCCCCCCN(CCCCCCO)C1CCCCC1O. The Labute approximate surface area is 243 Å². The van der Waals surface area contributed by atoms with Crippen LogP contribution in [0.4, 0.5) is 0 Å². The Kier molecular flexibility index (Phi) is 25.2. The summed E-state index contributed by atoms with van der Waals surface area (Å²) in [7, 11) is 0. The van der Waals surface area contributed by atoms with E-state index in [0.717, 1.165) is 83.7 Å². The largest absolute Gasteiger partial charge is 0.396 e. The maximum absolute atomic E-state index is 10.8. The minimum atomic E-state index is -0.601. The Morgan fingerprint density at radius 1 is 0.667 bits per heavy atom. The van der Waals surface area contributed by atoms with E-state index in [1.807, 2.05) is 0 Å². The summed E-state index contributed by atoms with van der Waals surface area (Å²) in [6.07, 6.45) is 27.6. The molecule has 234 valence electrons. The molecule has 5 nitrogen and oxygen atoms in total. The summed E-state index contributed by atoms with van der Waals surface area (Å²) in [5.41, 5.74) is 0. The minimum absolute atomic E-state index is 0.169. The third-order valence-corrected chi connectivity index (χ3v) is 8.90. The van der Waals surface area contributed by atoms with Gasteiger partial charge in [0, 0.05) is 25.2 Å². The normalized spacial score (nSPS) is 19.5. The number of ether oxygens (including phenoxy) is 1. The molecule has 4 unspecified atom stereocenters. The van der Waals surface area contributed by atoms with Gasteiger partial charge >= 0.3 is 0 Å². The van der Waals surface area contributed by atoms with Gasteiger partial charge in [-0.3, -0.25) is 4.90 Å². The van der Waals surface area contributed by atoms with Crippen LogP contribution in [0.15, 0.2) is 0 Å². The van der Waals surface area contributed by atoms with Crippen LogP contribution in [0.5, 0.6) is 0 Å². The first-order valence-corrected chi connectivity index (χ1v) is 17.5. The van der Waals surface area contributed by atoms with Crippen molar-refractivity contribution in [3.8, 4) is 0 Å². The second kappa shape index (κ2) is 26.7. The summed E-state index contributed by atoms with van der Waals surface area (Å²) in [5.74, 6) is 0.292. The number of aliphatic hydroxyl groups is 3. The molecule has 0 aliphatic heterocycles. The molecule has 0 bridgehead atoms. The maximum Gasteiger partial charge on any atom is 0.157 e. The molecular weight excluding hydrogens is 486 g/mol. The Morgan fingerprint density at radius 2 is 1.18 bits per heavy atom. The van der Waals surface area contributed by atoms with E-state index in [9.17, 15) is 10.2 Å². The molecule has 0 spiro atoms. The molecule has 4 atom stereocenters. The first-order chi connectivity index (χ1) is 19.1. The monoisotopic (exact) mass is 556 g/mol. The average Bonchev–Trinajstić information content (AvgIpc) is 2.94. The number of nitrogens with zero attached hydrogens (tertiary/aromatic N) is 1. The van der Waals surface area contributed by atoms with Crippen molar-refractivity contribution in [2.24, 2.45) is 5.92 Å². The smallest absolute Gasteiger partial charge is 0.157 e. The molecule has 1 aliphatic carbocycles. The molecule has 0 heterocycles. The van der Waals surface area contributed by atoms with Crippen molar-refractivity contribution in [3.05, 3.63) is 0 Å². The first-order valence-electron chi connectivity index (χ1n) is 17.5. The van der Waals surface area contributed by atoms with Crippen molar-refractivity contribution in [2.75, 3.05) is 26.3 Å². The Hall–Kier alpha value is -0.200. The predicted octanol–water partition coefficient (Wildman–Crippen LogP) is 8.38. The number of aliphatic hydroxyl groups excluding tert-OH is 3. The molecule has 1 rings (SSSR count). The number of hydrogen-bond donors (Lipinski definition) is 3. The van der Waals surface area contributed by atoms with Gasteiger partial charge in [0.25, 0.3) is 0 Å². The van der Waals surface area contributed by atoms with Gasteiger partial charge in [0.05, 0.1) is 6.10 Å². The fraction of sp³-hybridized carbons (Fsp3) is 1.00. The van der Waals surface area contributed by atoms with Crippen LogP contribution in [0.25, 0.3) is 0 Å². The van der Waals surface area contributed by atoms with Gasteiger partial charge in [-0.2, -0.15) is 0 Å². The summed E-state index contributed by atoms with van der Waals surface area (Å²) < 4.78 is 5.97. The van der Waals surface area contributed by atoms with Gasteiger partial charge in [0.15, 0.2) is 6.29 Å². The highest BCUT2D eigenvalue weighted by atomic mass is 16.6. The van der Waals surface area contributed by atoms with Crippen molar-refractivity contribution in [3.63, 3.8) is 0 Å². The van der Waals surface area contributed by atoms with Crippen LogP contribution < -0.4 is 0 Å². The lowest BCUT2D eigenvalue weighted by molar-refractivity contribution is -0.138. The number of unbranched alkanes of at least 4 members (excludes halogenated alkanes) is 14. The first kappa shape index (κ1) is 36.8. The van der Waals surface area contributed by atoms with Crippen LogP contribution in [0.2, 0.25) is 0 Å². The topological polar surface area (TPSA) is 73.2 Å². The van der Waals surface area contributed by atoms with Crippen LogP contribution in [-0.2, 0) is 4.74 Å². The van der Waals surface area contributed by atoms with E-state index in [1.165, 1.54) is 83.5 Å². The van der Waals surface area contributed by atoms with Gasteiger partial charge in [0.2, 0.25) is 0 Å². The van der Waals surface area contributed by atoms with Crippen molar-refractivity contribution in [2.45, 2.75) is 186 Å². The van der Waals surface area contributed by atoms with Crippen LogP contribution in [0, 0.1) is 5.92 Å². The van der Waals surface area contributed by atoms with Crippen LogP contribution in [-0.4, -0.2) is 65.0 Å². The van der Waals surface area contributed by atoms with E-state index in [1.54, 1.807) is 0 Å². The maximum atomic E-state index is 10.8. The van der Waals surface area contributed by atoms with Gasteiger partial charge in [-0.25, -0.2) is 0 Å². The third kappa shape index (κ3) is 19.5. The predicted molar refractivity (Wildman–Crippen MR) is 166 cm³/mol. The van der Waals surface area contributed by atoms with Gasteiger partial charge < -0.3 is 20.1 Å². The molecule has 0 aromatic rings. The van der Waals surface area contributed by atoms with E-state index in [2.05, 4.69) is 18.7 Å². The molecule has 1 aliphatic rings. The molecular formula is C34H69NO4. The summed E-state index contributed by atoms with van der Waals surface area (Å²) in [4.78, 5) is 2.56. The fourth-order valence-corrected chi connectivity index (χ4v) is 6.30. The van der Waals surface area contributed by atoms with Crippen molar-refractivity contribution in [1.29, 1.82) is 0 Å². The van der Waals surface area contributed by atoms with Gasteiger partial charge in [0.1, 0.15) is 0 Å². The van der Waals surface area contributed by atoms with Crippen LogP contribution in [0.3, 0.4) is 0 Å². The lowest BCUT2D eigenvalue weighted by atomic mass is 9.91. The molecule has 5 heteroatoms. The molecule has 0 aromatic heterocycles. The highest BCUT2D eigenvalue weighted by molar-refractivity contribution is 4.83. The summed E-state index contributed by atoms with van der Waals surface area (Å²) >= 11 is 0. The van der Waals surface area contributed by atoms with Crippen molar-refractivity contribution < 1.29 is 20.1 Å². The Morgan fingerprint density at radius 3 is 1.79 bits per heavy atom. The zero-order valence-electron chi connectivity index (χ0n) is 26.3. The standard InChI is InChI=1S/C34H69NO4/c1-3-5-7-9-10-16-24-31(23-15-8-6-4-2)34(38)39-30-22-14-12-20-28-35(27-19-11-13-21-29-36)32-25-17-18-26-33(32)37/h31-34,36-38H,3-30H2,1-2H3. The molecule has 0 radical (unpaired) electrons. The quantitative estimate of drug-likeness (QED) is 0.0668. The highest BCUT2D eigenvalue weighted by Crippen LogP contribution is 2.25. The summed E-state index contributed by atoms with van der Waals surface area (Å²) in [6, 6.07) is 0.330.